The molecule has 3 fully saturated rings. The molecule has 2 saturated heterocycles. The van der Waals surface area contributed by atoms with Crippen LogP contribution in [0.4, 0.5) is 15.8 Å². The highest BCUT2D eigenvalue weighted by Crippen LogP contribution is 2.63. The molecule has 226 valence electrons. The van der Waals surface area contributed by atoms with E-state index < -0.39 is 52.6 Å². The Morgan fingerprint density at radius 2 is 1.68 bits per heavy atom. The van der Waals surface area contributed by atoms with Crippen molar-refractivity contribution in [3.8, 4) is 0 Å². The molecule has 2 aliphatic carbocycles. The Balaban J connectivity index is 1.34. The lowest BCUT2D eigenvalue weighted by atomic mass is 9.52. The Morgan fingerprint density at radius 3 is 2.34 bits per heavy atom. The van der Waals surface area contributed by atoms with Gasteiger partial charge in [0.25, 0.3) is 0 Å². The standard InChI is InChI=1S/C34H30ClFN2O6/c1-3-17-4-6-18(7-5-17)37-30(40)22-11-10-21-23(28(22)32(37)42)15-24-31(41)38(19-8-12-26(36)25(35)14-19)33(43)34(24,2)29(21)27-13-9-20(16-39)44-27/h4-10,12-14,22-24,28-29,39H,3,11,15-16H2,1-2H3/t22-,23+,24-,28-,29+,34+/m0/s1. The topological polar surface area (TPSA) is 108 Å². The lowest BCUT2D eigenvalue weighted by Gasteiger charge is -2.48. The predicted molar refractivity (Wildman–Crippen MR) is 159 cm³/mol. The van der Waals surface area contributed by atoms with Gasteiger partial charge in [0.15, 0.2) is 0 Å². The summed E-state index contributed by atoms with van der Waals surface area (Å²) in [6, 6.07) is 14.4. The summed E-state index contributed by atoms with van der Waals surface area (Å²) in [5.74, 6) is -5.01. The van der Waals surface area contributed by atoms with Crippen molar-refractivity contribution in [3.63, 3.8) is 0 Å². The van der Waals surface area contributed by atoms with Crippen LogP contribution in [-0.4, -0.2) is 28.7 Å². The Kier molecular flexibility index (Phi) is 6.68. The van der Waals surface area contributed by atoms with E-state index in [1.165, 1.54) is 17.0 Å². The van der Waals surface area contributed by atoms with E-state index in [4.69, 9.17) is 16.0 Å². The van der Waals surface area contributed by atoms with Gasteiger partial charge in [0, 0.05) is 0 Å². The molecule has 3 aromatic rings. The summed E-state index contributed by atoms with van der Waals surface area (Å²) in [5.41, 5.74) is 1.20. The number of hydrogen-bond acceptors (Lipinski definition) is 6. The maximum absolute atomic E-state index is 14.4. The molecule has 1 saturated carbocycles. The Hall–Kier alpha value is -4.08. The third-order valence-electron chi connectivity index (χ3n) is 10.2. The Labute approximate surface area is 258 Å². The number of halogens is 2. The lowest BCUT2D eigenvalue weighted by molar-refractivity contribution is -0.131. The van der Waals surface area contributed by atoms with Crippen molar-refractivity contribution < 1.29 is 33.1 Å². The zero-order chi connectivity index (χ0) is 31.1. The number of amides is 4. The monoisotopic (exact) mass is 616 g/mol. The number of allylic oxidation sites excluding steroid dienone is 2. The highest BCUT2D eigenvalue weighted by molar-refractivity contribution is 6.32. The number of aliphatic hydroxyl groups excluding tert-OH is 1. The van der Waals surface area contributed by atoms with E-state index in [-0.39, 0.29) is 35.6 Å². The average molecular weight is 617 g/mol. The quantitative estimate of drug-likeness (QED) is 0.297. The fraction of sp³-hybridized carbons (Fsp3) is 0.353. The van der Waals surface area contributed by atoms with Crippen LogP contribution >= 0.6 is 11.6 Å². The molecule has 2 aliphatic heterocycles. The fourth-order valence-corrected chi connectivity index (χ4v) is 8.13. The summed E-state index contributed by atoms with van der Waals surface area (Å²) in [6.07, 6.45) is 3.23. The lowest BCUT2D eigenvalue weighted by Crippen LogP contribution is -2.48. The summed E-state index contributed by atoms with van der Waals surface area (Å²) in [5, 5.41) is 9.53. The molecule has 1 N–H and O–H groups in total. The molecule has 0 unspecified atom stereocenters. The molecule has 6 atom stereocenters. The van der Waals surface area contributed by atoms with Gasteiger partial charge >= 0.3 is 0 Å². The number of furan rings is 1. The molecule has 2 aromatic carbocycles. The largest absolute Gasteiger partial charge is 0.463 e. The Bertz CT molecular complexity index is 1770. The summed E-state index contributed by atoms with van der Waals surface area (Å²) >= 11 is 6.04. The van der Waals surface area contributed by atoms with Gasteiger partial charge in [-0.05, 0) is 80.1 Å². The van der Waals surface area contributed by atoms with Gasteiger partial charge < -0.3 is 9.52 Å². The minimum atomic E-state index is -1.32. The van der Waals surface area contributed by atoms with Crippen LogP contribution in [0, 0.1) is 34.9 Å². The van der Waals surface area contributed by atoms with E-state index in [1.807, 2.05) is 25.1 Å². The van der Waals surface area contributed by atoms with Gasteiger partial charge in [-0.3, -0.25) is 24.1 Å². The van der Waals surface area contributed by atoms with E-state index in [1.54, 1.807) is 31.2 Å². The first-order valence-electron chi connectivity index (χ1n) is 14.8. The summed E-state index contributed by atoms with van der Waals surface area (Å²) in [6.45, 7) is 3.40. The maximum atomic E-state index is 14.4. The van der Waals surface area contributed by atoms with Crippen molar-refractivity contribution in [3.05, 3.63) is 94.2 Å². The second-order valence-corrected chi connectivity index (χ2v) is 12.7. The van der Waals surface area contributed by atoms with Gasteiger partial charge in [-0.1, -0.05) is 42.3 Å². The number of carbonyl (C=O) groups excluding carboxylic acids is 4. The van der Waals surface area contributed by atoms with E-state index in [0.29, 0.717) is 23.6 Å². The minimum absolute atomic E-state index is 0.153. The average Bonchev–Trinajstić information content (AvgIpc) is 3.65. The maximum Gasteiger partial charge on any atom is 0.241 e. The van der Waals surface area contributed by atoms with Crippen LogP contribution in [0.2, 0.25) is 5.02 Å². The fourth-order valence-electron chi connectivity index (χ4n) is 7.96. The number of anilines is 2. The molecule has 0 spiro atoms. The number of fused-ring (bicyclic) bond motifs is 4. The number of benzene rings is 2. The smallest absolute Gasteiger partial charge is 0.241 e. The second-order valence-electron chi connectivity index (χ2n) is 12.3. The van der Waals surface area contributed by atoms with E-state index in [9.17, 15) is 28.7 Å². The number of carbonyl (C=O) groups is 4. The molecule has 0 radical (unpaired) electrons. The number of aliphatic hydroxyl groups is 1. The summed E-state index contributed by atoms with van der Waals surface area (Å²) in [4.78, 5) is 58.7. The SMILES string of the molecule is CCc1ccc(N2C(=O)[C@H]3[C@H](CC=C4[C@H]3C[C@H]3C(=O)N(c5ccc(F)c(Cl)c5)C(=O)[C@@]3(C)[C@H]4c3ccc(CO)o3)C2=O)cc1. The van der Waals surface area contributed by atoms with Crippen LogP contribution in [0.1, 0.15) is 49.7 Å². The van der Waals surface area contributed by atoms with E-state index in [0.717, 1.165) is 28.5 Å². The van der Waals surface area contributed by atoms with Crippen LogP contribution < -0.4 is 9.80 Å². The number of rotatable bonds is 5. The third-order valence-corrected chi connectivity index (χ3v) is 10.5. The van der Waals surface area contributed by atoms with Gasteiger partial charge in [0.2, 0.25) is 23.6 Å². The summed E-state index contributed by atoms with van der Waals surface area (Å²) < 4.78 is 20.1. The van der Waals surface area contributed by atoms with Crippen molar-refractivity contribution in [2.75, 3.05) is 9.80 Å². The minimum Gasteiger partial charge on any atom is -0.463 e. The molecule has 3 heterocycles. The Morgan fingerprint density at radius 1 is 0.955 bits per heavy atom. The molecule has 8 nitrogen and oxygen atoms in total. The molecule has 4 amide bonds. The van der Waals surface area contributed by atoms with Crippen LogP contribution in [0.15, 0.2) is 70.7 Å². The molecule has 0 bridgehead atoms. The van der Waals surface area contributed by atoms with Crippen molar-refractivity contribution in [1.82, 2.24) is 0 Å². The van der Waals surface area contributed by atoms with Crippen molar-refractivity contribution in [1.29, 1.82) is 0 Å². The van der Waals surface area contributed by atoms with Gasteiger partial charge in [0.05, 0.1) is 45.5 Å². The van der Waals surface area contributed by atoms with Crippen molar-refractivity contribution >= 4 is 46.6 Å². The van der Waals surface area contributed by atoms with Gasteiger partial charge in [0.1, 0.15) is 23.9 Å². The number of imide groups is 2. The number of hydrogen-bond donors (Lipinski definition) is 1. The molecule has 7 rings (SSSR count). The molecular weight excluding hydrogens is 587 g/mol. The summed E-state index contributed by atoms with van der Waals surface area (Å²) in [7, 11) is 0. The van der Waals surface area contributed by atoms with Crippen molar-refractivity contribution in [2.24, 2.45) is 29.1 Å². The zero-order valence-electron chi connectivity index (χ0n) is 24.1. The molecular formula is C34H30ClFN2O6. The van der Waals surface area contributed by atoms with Crippen molar-refractivity contribution in [2.45, 2.75) is 45.6 Å². The van der Waals surface area contributed by atoms with E-state index >= 15 is 0 Å². The predicted octanol–water partition coefficient (Wildman–Crippen LogP) is 5.56. The molecule has 10 heteroatoms. The number of aryl methyl sites for hydroxylation is 1. The second kappa shape index (κ2) is 10.2. The zero-order valence-corrected chi connectivity index (χ0v) is 24.9. The first-order valence-corrected chi connectivity index (χ1v) is 15.2. The van der Waals surface area contributed by atoms with Crippen LogP contribution in [0.3, 0.4) is 0 Å². The van der Waals surface area contributed by atoms with Crippen LogP contribution in [-0.2, 0) is 32.2 Å². The van der Waals surface area contributed by atoms with Gasteiger partial charge in [-0.25, -0.2) is 9.29 Å². The highest BCUT2D eigenvalue weighted by Gasteiger charge is 2.68. The van der Waals surface area contributed by atoms with Crippen LogP contribution in [0.25, 0.3) is 0 Å². The van der Waals surface area contributed by atoms with Gasteiger partial charge in [-0.2, -0.15) is 0 Å². The van der Waals surface area contributed by atoms with Crippen LogP contribution in [0.5, 0.6) is 0 Å². The van der Waals surface area contributed by atoms with Gasteiger partial charge in [-0.15, -0.1) is 0 Å². The highest BCUT2D eigenvalue weighted by atomic mass is 35.5. The molecule has 4 aliphatic rings. The molecule has 1 aromatic heterocycles. The first-order chi connectivity index (χ1) is 21.1. The third kappa shape index (κ3) is 3.91. The molecule has 44 heavy (non-hydrogen) atoms. The normalized spacial score (nSPS) is 29.6. The first kappa shape index (κ1) is 28.7. The van der Waals surface area contributed by atoms with E-state index in [2.05, 4.69) is 0 Å². The number of nitrogens with zero attached hydrogens (tertiary/aromatic N) is 2.